The molecule has 0 radical (unpaired) electrons. The van der Waals surface area contributed by atoms with E-state index in [2.05, 4.69) is 0 Å². The fourth-order valence-corrected chi connectivity index (χ4v) is 5.50. The minimum Gasteiger partial charge on any atom is -0.493 e. The van der Waals surface area contributed by atoms with Gasteiger partial charge in [-0.2, -0.15) is 0 Å². The fourth-order valence-electron chi connectivity index (χ4n) is 3.77. The molecule has 1 heterocycles. The summed E-state index contributed by atoms with van der Waals surface area (Å²) in [6.07, 6.45) is -0.303. The molecule has 0 aliphatic carbocycles. The Kier molecular flexibility index (Phi) is 7.60. The molecule has 9 heteroatoms. The number of amides is 1. The molecule has 2 aromatic carbocycles. The Balaban J connectivity index is 1.89. The SMILES string of the molecule is CCC(Oc1ccccc1F)C(=O)N(Cc1ccc(OC)c(OC)c1)C1CCS(=O)(=O)C1. The Morgan fingerprint density at radius 2 is 1.84 bits per heavy atom. The van der Waals surface area contributed by atoms with E-state index in [-0.39, 0.29) is 29.7 Å². The largest absolute Gasteiger partial charge is 0.493 e. The van der Waals surface area contributed by atoms with Gasteiger partial charge in [-0.15, -0.1) is 0 Å². The Hall–Kier alpha value is -2.81. The number of para-hydroxylation sites is 1. The van der Waals surface area contributed by atoms with Gasteiger partial charge < -0.3 is 19.1 Å². The first-order chi connectivity index (χ1) is 15.3. The molecular formula is C23H28FNO6S. The van der Waals surface area contributed by atoms with E-state index in [1.165, 1.54) is 37.3 Å². The first-order valence-corrected chi connectivity index (χ1v) is 12.2. The fraction of sp³-hybridized carbons (Fsp3) is 0.435. The first-order valence-electron chi connectivity index (χ1n) is 10.4. The van der Waals surface area contributed by atoms with Crippen LogP contribution in [-0.2, 0) is 21.2 Å². The van der Waals surface area contributed by atoms with Gasteiger partial charge in [-0.3, -0.25) is 4.79 Å². The van der Waals surface area contributed by atoms with E-state index < -0.39 is 27.8 Å². The van der Waals surface area contributed by atoms with Gasteiger partial charge in [0.05, 0.1) is 25.7 Å². The van der Waals surface area contributed by atoms with Gasteiger partial charge in [0.1, 0.15) is 0 Å². The summed E-state index contributed by atoms with van der Waals surface area (Å²) in [5.74, 6) is 0.0117. The zero-order valence-corrected chi connectivity index (χ0v) is 19.2. The van der Waals surface area contributed by atoms with Gasteiger partial charge in [-0.1, -0.05) is 25.1 Å². The van der Waals surface area contributed by atoms with Gasteiger partial charge in [-0.05, 0) is 42.7 Å². The molecule has 0 saturated carbocycles. The molecule has 32 heavy (non-hydrogen) atoms. The number of rotatable bonds is 9. The third kappa shape index (κ3) is 5.51. The number of benzene rings is 2. The number of ether oxygens (including phenoxy) is 3. The Morgan fingerprint density at radius 1 is 1.12 bits per heavy atom. The van der Waals surface area contributed by atoms with Crippen molar-refractivity contribution in [3.63, 3.8) is 0 Å². The predicted octanol–water partition coefficient (Wildman–Crippen LogP) is 3.22. The molecule has 7 nitrogen and oxygen atoms in total. The summed E-state index contributed by atoms with van der Waals surface area (Å²) >= 11 is 0. The second kappa shape index (κ2) is 10.2. The molecule has 1 aliphatic heterocycles. The highest BCUT2D eigenvalue weighted by atomic mass is 32.2. The number of hydrogen-bond acceptors (Lipinski definition) is 6. The molecule has 2 aromatic rings. The second-order valence-corrected chi connectivity index (χ2v) is 9.89. The van der Waals surface area contributed by atoms with Crippen molar-refractivity contribution in [1.82, 2.24) is 4.90 Å². The normalized spacial score (nSPS) is 18.1. The molecule has 2 unspecified atom stereocenters. The Bertz CT molecular complexity index is 1060. The summed E-state index contributed by atoms with van der Waals surface area (Å²) in [6, 6.07) is 10.7. The van der Waals surface area contributed by atoms with Crippen LogP contribution in [0.3, 0.4) is 0 Å². The second-order valence-electron chi connectivity index (χ2n) is 7.66. The number of sulfone groups is 1. The highest BCUT2D eigenvalue weighted by Gasteiger charge is 2.37. The summed E-state index contributed by atoms with van der Waals surface area (Å²) in [7, 11) is -0.179. The molecular weight excluding hydrogens is 437 g/mol. The van der Waals surface area contributed by atoms with Crippen LogP contribution in [0, 0.1) is 5.82 Å². The van der Waals surface area contributed by atoms with Gasteiger partial charge >= 0.3 is 0 Å². The molecule has 1 amide bonds. The number of nitrogens with zero attached hydrogens (tertiary/aromatic N) is 1. The maximum Gasteiger partial charge on any atom is 0.264 e. The lowest BCUT2D eigenvalue weighted by atomic mass is 10.1. The minimum atomic E-state index is -3.23. The van der Waals surface area contributed by atoms with E-state index in [4.69, 9.17) is 14.2 Å². The molecule has 1 fully saturated rings. The quantitative estimate of drug-likeness (QED) is 0.566. The molecule has 0 spiro atoms. The molecule has 1 aliphatic rings. The van der Waals surface area contributed by atoms with Gasteiger partial charge in [-0.25, -0.2) is 12.8 Å². The lowest BCUT2D eigenvalue weighted by Gasteiger charge is -2.32. The maximum absolute atomic E-state index is 14.1. The van der Waals surface area contributed by atoms with E-state index in [0.717, 1.165) is 5.56 Å². The van der Waals surface area contributed by atoms with Crippen molar-refractivity contribution in [3.8, 4) is 17.2 Å². The number of halogens is 1. The summed E-state index contributed by atoms with van der Waals surface area (Å²) in [6.45, 7) is 1.93. The minimum absolute atomic E-state index is 0.0159. The van der Waals surface area contributed by atoms with Crippen LogP contribution in [0.2, 0.25) is 0 Å². The molecule has 2 atom stereocenters. The van der Waals surface area contributed by atoms with Crippen molar-refractivity contribution in [3.05, 3.63) is 53.8 Å². The van der Waals surface area contributed by atoms with Crippen LogP contribution in [0.1, 0.15) is 25.3 Å². The molecule has 0 N–H and O–H groups in total. The van der Waals surface area contributed by atoms with E-state index in [0.29, 0.717) is 24.3 Å². The van der Waals surface area contributed by atoms with Gasteiger partial charge in [0.2, 0.25) is 0 Å². The van der Waals surface area contributed by atoms with Crippen LogP contribution in [-0.4, -0.2) is 57.1 Å². The monoisotopic (exact) mass is 465 g/mol. The number of hydrogen-bond donors (Lipinski definition) is 0. The number of methoxy groups -OCH3 is 2. The zero-order chi connectivity index (χ0) is 23.3. The van der Waals surface area contributed by atoms with E-state index >= 15 is 0 Å². The van der Waals surface area contributed by atoms with Crippen molar-refractivity contribution in [2.24, 2.45) is 0 Å². The number of carbonyl (C=O) groups is 1. The molecule has 3 rings (SSSR count). The van der Waals surface area contributed by atoms with Crippen LogP contribution >= 0.6 is 0 Å². The van der Waals surface area contributed by atoms with Gasteiger partial charge in [0, 0.05) is 12.6 Å². The molecule has 0 bridgehead atoms. The standard InChI is InChI=1S/C23H28FNO6S/c1-4-19(31-20-8-6-5-7-18(20)24)23(26)25(17-11-12-32(27,28)15-17)14-16-9-10-21(29-2)22(13-16)30-3/h5-10,13,17,19H,4,11-12,14-15H2,1-3H3. The van der Waals surface area contributed by atoms with Crippen LogP contribution in [0.15, 0.2) is 42.5 Å². The average Bonchev–Trinajstić information content (AvgIpc) is 3.15. The molecule has 0 aromatic heterocycles. The van der Waals surface area contributed by atoms with Gasteiger partial charge in [0.25, 0.3) is 5.91 Å². The van der Waals surface area contributed by atoms with E-state index in [1.807, 2.05) is 0 Å². The van der Waals surface area contributed by atoms with E-state index in [9.17, 15) is 17.6 Å². The smallest absolute Gasteiger partial charge is 0.264 e. The van der Waals surface area contributed by atoms with Crippen LogP contribution < -0.4 is 14.2 Å². The highest BCUT2D eigenvalue weighted by molar-refractivity contribution is 7.91. The summed E-state index contributed by atoms with van der Waals surface area (Å²) in [5, 5.41) is 0. The van der Waals surface area contributed by atoms with Crippen molar-refractivity contribution in [2.75, 3.05) is 25.7 Å². The summed E-state index contributed by atoms with van der Waals surface area (Å²) in [4.78, 5) is 15.0. The zero-order valence-electron chi connectivity index (χ0n) is 18.4. The Labute approximate surface area is 188 Å². The third-order valence-corrected chi connectivity index (χ3v) is 7.24. The van der Waals surface area contributed by atoms with Crippen molar-refractivity contribution < 1.29 is 31.8 Å². The van der Waals surface area contributed by atoms with Crippen molar-refractivity contribution in [1.29, 1.82) is 0 Å². The summed E-state index contributed by atoms with van der Waals surface area (Å²) < 4.78 is 54.7. The first kappa shape index (κ1) is 23.8. The maximum atomic E-state index is 14.1. The predicted molar refractivity (Wildman–Crippen MR) is 118 cm³/mol. The van der Waals surface area contributed by atoms with Gasteiger partial charge in [0.15, 0.2) is 39.0 Å². The average molecular weight is 466 g/mol. The third-order valence-electron chi connectivity index (χ3n) is 5.49. The number of carbonyl (C=O) groups excluding carboxylic acids is 1. The topological polar surface area (TPSA) is 82.1 Å². The van der Waals surface area contributed by atoms with Crippen LogP contribution in [0.25, 0.3) is 0 Å². The Morgan fingerprint density at radius 3 is 2.44 bits per heavy atom. The lowest BCUT2D eigenvalue weighted by molar-refractivity contribution is -0.141. The highest BCUT2D eigenvalue weighted by Crippen LogP contribution is 2.30. The lowest BCUT2D eigenvalue weighted by Crippen LogP contribution is -2.47. The summed E-state index contributed by atoms with van der Waals surface area (Å²) in [5.41, 5.74) is 0.751. The van der Waals surface area contributed by atoms with E-state index in [1.54, 1.807) is 31.2 Å². The van der Waals surface area contributed by atoms with Crippen molar-refractivity contribution in [2.45, 2.75) is 38.5 Å². The molecule has 174 valence electrons. The van der Waals surface area contributed by atoms with Crippen LogP contribution in [0.4, 0.5) is 4.39 Å². The van der Waals surface area contributed by atoms with Crippen LogP contribution in [0.5, 0.6) is 17.2 Å². The molecule has 1 saturated heterocycles. The van der Waals surface area contributed by atoms with Crippen molar-refractivity contribution >= 4 is 15.7 Å².